The summed E-state index contributed by atoms with van der Waals surface area (Å²) >= 11 is 0. The van der Waals surface area contributed by atoms with E-state index in [9.17, 15) is 14.3 Å². The third-order valence-electron chi connectivity index (χ3n) is 2.92. The summed E-state index contributed by atoms with van der Waals surface area (Å²) in [7, 11) is 1.35. The van der Waals surface area contributed by atoms with Crippen LogP contribution in [0.5, 0.6) is 5.75 Å². The molecule has 1 atom stereocenters. The Morgan fingerprint density at radius 2 is 2.16 bits per heavy atom. The molecule has 19 heavy (non-hydrogen) atoms. The molecule has 106 valence electrons. The first-order chi connectivity index (χ1) is 8.97. The monoisotopic (exact) mass is 269 g/mol. The fourth-order valence-corrected chi connectivity index (χ4v) is 1.61. The lowest BCUT2D eigenvalue weighted by Gasteiger charge is -2.14. The van der Waals surface area contributed by atoms with Gasteiger partial charge in [-0.05, 0) is 24.5 Å². The summed E-state index contributed by atoms with van der Waals surface area (Å²) in [5, 5.41) is 12.2. The number of nitrogens with one attached hydrogen (secondary N) is 1. The number of amides is 1. The SMILES string of the molecule is COc1cccc(C(=O)NCCC(O)C(C)C)c1F. The van der Waals surface area contributed by atoms with Crippen molar-refractivity contribution in [1.82, 2.24) is 5.32 Å². The van der Waals surface area contributed by atoms with E-state index in [1.165, 1.54) is 19.2 Å². The standard InChI is InChI=1S/C14H20FNO3/c1-9(2)11(17)7-8-16-14(18)10-5-4-6-12(19-3)13(10)15/h4-6,9,11,17H,7-8H2,1-3H3,(H,16,18). The summed E-state index contributed by atoms with van der Waals surface area (Å²) in [6.45, 7) is 4.09. The molecule has 0 saturated heterocycles. The normalized spacial score (nSPS) is 12.3. The average molecular weight is 269 g/mol. The van der Waals surface area contributed by atoms with Crippen molar-refractivity contribution >= 4 is 5.91 Å². The summed E-state index contributed by atoms with van der Waals surface area (Å²) in [6.07, 6.45) is -0.0370. The van der Waals surface area contributed by atoms with Crippen LogP contribution in [0.25, 0.3) is 0 Å². The molecule has 0 aliphatic heterocycles. The molecule has 4 nitrogen and oxygen atoms in total. The number of methoxy groups -OCH3 is 1. The van der Waals surface area contributed by atoms with Gasteiger partial charge in [0.25, 0.3) is 5.91 Å². The molecule has 2 N–H and O–H groups in total. The van der Waals surface area contributed by atoms with Gasteiger partial charge in [0.2, 0.25) is 0 Å². The van der Waals surface area contributed by atoms with Crippen LogP contribution in [0.15, 0.2) is 18.2 Å². The number of benzene rings is 1. The molecule has 0 radical (unpaired) electrons. The molecule has 1 amide bonds. The van der Waals surface area contributed by atoms with E-state index in [1.54, 1.807) is 6.07 Å². The Bertz CT molecular complexity index is 435. The Balaban J connectivity index is 2.59. The minimum Gasteiger partial charge on any atom is -0.494 e. The molecule has 0 bridgehead atoms. The van der Waals surface area contributed by atoms with E-state index in [0.717, 1.165) is 0 Å². The van der Waals surface area contributed by atoms with E-state index in [1.807, 2.05) is 13.8 Å². The number of carbonyl (C=O) groups excluding carboxylic acids is 1. The van der Waals surface area contributed by atoms with Crippen molar-refractivity contribution < 1.29 is 19.0 Å². The number of halogens is 1. The zero-order chi connectivity index (χ0) is 14.4. The highest BCUT2D eigenvalue weighted by molar-refractivity contribution is 5.94. The highest BCUT2D eigenvalue weighted by atomic mass is 19.1. The number of rotatable bonds is 6. The Labute approximate surface area is 112 Å². The van der Waals surface area contributed by atoms with E-state index >= 15 is 0 Å². The topological polar surface area (TPSA) is 58.6 Å². The van der Waals surface area contributed by atoms with Gasteiger partial charge in [-0.15, -0.1) is 0 Å². The second-order valence-electron chi connectivity index (χ2n) is 4.68. The lowest BCUT2D eigenvalue weighted by Crippen LogP contribution is -2.29. The highest BCUT2D eigenvalue weighted by Gasteiger charge is 2.16. The fraction of sp³-hybridized carbons (Fsp3) is 0.500. The predicted molar refractivity (Wildman–Crippen MR) is 70.7 cm³/mol. The lowest BCUT2D eigenvalue weighted by molar-refractivity contribution is 0.0916. The Morgan fingerprint density at radius 1 is 1.47 bits per heavy atom. The van der Waals surface area contributed by atoms with Crippen LogP contribution < -0.4 is 10.1 Å². The van der Waals surface area contributed by atoms with Crippen molar-refractivity contribution in [1.29, 1.82) is 0 Å². The van der Waals surface area contributed by atoms with Crippen LogP contribution in [0, 0.1) is 11.7 Å². The van der Waals surface area contributed by atoms with Gasteiger partial charge < -0.3 is 15.2 Å². The van der Waals surface area contributed by atoms with E-state index in [2.05, 4.69) is 5.32 Å². The Morgan fingerprint density at radius 3 is 2.74 bits per heavy atom. The molecule has 0 aromatic heterocycles. The van der Waals surface area contributed by atoms with Crippen LogP contribution >= 0.6 is 0 Å². The molecule has 0 aliphatic carbocycles. The quantitative estimate of drug-likeness (QED) is 0.830. The van der Waals surface area contributed by atoms with Gasteiger partial charge in [-0.1, -0.05) is 19.9 Å². The van der Waals surface area contributed by atoms with Crippen molar-refractivity contribution in [3.05, 3.63) is 29.6 Å². The van der Waals surface area contributed by atoms with Crippen molar-refractivity contribution in [2.24, 2.45) is 5.92 Å². The van der Waals surface area contributed by atoms with Crippen LogP contribution in [-0.4, -0.2) is 30.8 Å². The first-order valence-electron chi connectivity index (χ1n) is 6.26. The fourth-order valence-electron chi connectivity index (χ4n) is 1.61. The van der Waals surface area contributed by atoms with Gasteiger partial charge in [0.1, 0.15) is 0 Å². The molecule has 0 heterocycles. The number of ether oxygens (including phenoxy) is 1. The summed E-state index contributed by atoms with van der Waals surface area (Å²) in [5.41, 5.74) is -0.0570. The number of carbonyl (C=O) groups is 1. The number of aliphatic hydroxyl groups excluding tert-OH is 1. The molecular weight excluding hydrogens is 249 g/mol. The van der Waals surface area contributed by atoms with Crippen LogP contribution in [0.2, 0.25) is 0 Å². The van der Waals surface area contributed by atoms with Crippen LogP contribution in [0.1, 0.15) is 30.6 Å². The van der Waals surface area contributed by atoms with Gasteiger partial charge in [-0.3, -0.25) is 4.79 Å². The van der Waals surface area contributed by atoms with E-state index in [0.29, 0.717) is 13.0 Å². The first-order valence-corrected chi connectivity index (χ1v) is 6.26. The van der Waals surface area contributed by atoms with Crippen molar-refractivity contribution in [3.63, 3.8) is 0 Å². The number of aliphatic hydroxyl groups is 1. The summed E-state index contributed by atoms with van der Waals surface area (Å²) < 4.78 is 18.6. The molecule has 1 aromatic carbocycles. The lowest BCUT2D eigenvalue weighted by atomic mass is 10.0. The summed E-state index contributed by atoms with van der Waals surface area (Å²) in [5.74, 6) is -1.01. The summed E-state index contributed by atoms with van der Waals surface area (Å²) in [4.78, 5) is 11.8. The smallest absolute Gasteiger partial charge is 0.254 e. The number of hydrogen-bond acceptors (Lipinski definition) is 3. The van der Waals surface area contributed by atoms with E-state index in [-0.39, 0.29) is 17.2 Å². The van der Waals surface area contributed by atoms with Crippen molar-refractivity contribution in [2.75, 3.05) is 13.7 Å². The zero-order valence-electron chi connectivity index (χ0n) is 11.4. The zero-order valence-corrected chi connectivity index (χ0v) is 11.4. The Hall–Kier alpha value is -1.62. The molecule has 0 spiro atoms. The molecular formula is C14H20FNO3. The van der Waals surface area contributed by atoms with Crippen molar-refractivity contribution in [3.8, 4) is 5.75 Å². The molecule has 1 unspecified atom stereocenters. The first kappa shape index (κ1) is 15.4. The van der Waals surface area contributed by atoms with E-state index < -0.39 is 17.8 Å². The van der Waals surface area contributed by atoms with Crippen LogP contribution in [0.4, 0.5) is 4.39 Å². The second kappa shape index (κ2) is 7.09. The minimum absolute atomic E-state index is 0.0369. The summed E-state index contributed by atoms with van der Waals surface area (Å²) in [6, 6.07) is 4.40. The van der Waals surface area contributed by atoms with Gasteiger partial charge in [0.15, 0.2) is 11.6 Å². The van der Waals surface area contributed by atoms with Crippen molar-refractivity contribution in [2.45, 2.75) is 26.4 Å². The average Bonchev–Trinajstić information content (AvgIpc) is 2.38. The highest BCUT2D eigenvalue weighted by Crippen LogP contribution is 2.19. The largest absolute Gasteiger partial charge is 0.494 e. The van der Waals surface area contributed by atoms with Gasteiger partial charge in [-0.25, -0.2) is 4.39 Å². The van der Waals surface area contributed by atoms with Gasteiger partial charge in [0, 0.05) is 6.54 Å². The molecule has 0 fully saturated rings. The Kier molecular flexibility index (Phi) is 5.76. The minimum atomic E-state index is -0.674. The van der Waals surface area contributed by atoms with Gasteiger partial charge >= 0.3 is 0 Å². The van der Waals surface area contributed by atoms with Gasteiger partial charge in [-0.2, -0.15) is 0 Å². The second-order valence-corrected chi connectivity index (χ2v) is 4.68. The maximum Gasteiger partial charge on any atom is 0.254 e. The third kappa shape index (κ3) is 4.21. The molecule has 1 aromatic rings. The molecule has 5 heteroatoms. The number of hydrogen-bond donors (Lipinski definition) is 2. The van der Waals surface area contributed by atoms with E-state index in [4.69, 9.17) is 4.74 Å². The van der Waals surface area contributed by atoms with Crippen LogP contribution in [0.3, 0.4) is 0 Å². The van der Waals surface area contributed by atoms with Gasteiger partial charge in [0.05, 0.1) is 18.8 Å². The third-order valence-corrected chi connectivity index (χ3v) is 2.92. The molecule has 0 saturated carbocycles. The maximum atomic E-state index is 13.8. The van der Waals surface area contributed by atoms with Crippen LogP contribution in [-0.2, 0) is 0 Å². The molecule has 0 aliphatic rings. The predicted octanol–water partition coefficient (Wildman–Crippen LogP) is 1.97. The molecule has 1 rings (SSSR count). The maximum absolute atomic E-state index is 13.8.